The molecule has 5 heteroatoms. The minimum absolute atomic E-state index is 0.0470. The lowest BCUT2D eigenvalue weighted by atomic mass is 10.1. The molecule has 4 nitrogen and oxygen atoms in total. The molecule has 1 aliphatic heterocycles. The van der Waals surface area contributed by atoms with Crippen LogP contribution in [0.25, 0.3) is 0 Å². The van der Waals surface area contributed by atoms with Gasteiger partial charge in [-0.25, -0.2) is 0 Å². The highest BCUT2D eigenvalue weighted by molar-refractivity contribution is 9.10. The van der Waals surface area contributed by atoms with E-state index in [0.717, 1.165) is 6.42 Å². The molecule has 0 radical (unpaired) electrons. The largest absolute Gasteiger partial charge is 0.506 e. The van der Waals surface area contributed by atoms with Crippen LogP contribution in [0.1, 0.15) is 12.0 Å². The first-order valence-electron chi connectivity index (χ1n) is 4.91. The number of phenols is 1. The molecule has 1 N–H and O–H groups in total. The van der Waals surface area contributed by atoms with Crippen LogP contribution in [-0.4, -0.2) is 18.3 Å². The number of rotatable bonds is 1. The number of ether oxygens (including phenoxy) is 2. The topological polar surface area (TPSA) is 62.5 Å². The van der Waals surface area contributed by atoms with Crippen molar-refractivity contribution in [3.63, 3.8) is 0 Å². The molecular formula is C11H10BrNO3. The summed E-state index contributed by atoms with van der Waals surface area (Å²) in [5.41, 5.74) is 0.480. The van der Waals surface area contributed by atoms with E-state index in [1.165, 1.54) is 0 Å². The summed E-state index contributed by atoms with van der Waals surface area (Å²) in [6.07, 6.45) is 0.885. The van der Waals surface area contributed by atoms with Gasteiger partial charge in [0.2, 0.25) is 0 Å². The van der Waals surface area contributed by atoms with Crippen LogP contribution in [0.15, 0.2) is 10.5 Å². The third-order valence-corrected chi connectivity index (χ3v) is 2.92. The van der Waals surface area contributed by atoms with Crippen LogP contribution < -0.4 is 9.47 Å². The Kier molecular flexibility index (Phi) is 3.20. The highest BCUT2D eigenvalue weighted by Gasteiger charge is 2.20. The first kappa shape index (κ1) is 11.1. The van der Waals surface area contributed by atoms with E-state index in [1.807, 2.05) is 6.07 Å². The Morgan fingerprint density at radius 2 is 2.19 bits per heavy atom. The smallest absolute Gasteiger partial charge is 0.169 e. The SMILES string of the molecule is N#CCc1c(O)c(Br)cc2c1OCCCO2. The second-order valence-electron chi connectivity index (χ2n) is 3.40. The monoisotopic (exact) mass is 283 g/mol. The normalized spacial score (nSPS) is 14.0. The molecular weight excluding hydrogens is 274 g/mol. The maximum absolute atomic E-state index is 9.84. The molecule has 1 aliphatic rings. The number of fused-ring (bicyclic) bond motifs is 1. The molecule has 0 unspecified atom stereocenters. The molecule has 0 amide bonds. The van der Waals surface area contributed by atoms with Crippen molar-refractivity contribution >= 4 is 15.9 Å². The van der Waals surface area contributed by atoms with Crippen molar-refractivity contribution in [3.05, 3.63) is 16.1 Å². The van der Waals surface area contributed by atoms with Crippen molar-refractivity contribution in [1.82, 2.24) is 0 Å². The summed E-state index contributed by atoms with van der Waals surface area (Å²) >= 11 is 3.23. The van der Waals surface area contributed by atoms with Gasteiger partial charge in [0.15, 0.2) is 11.5 Å². The van der Waals surface area contributed by atoms with Gasteiger partial charge in [0.25, 0.3) is 0 Å². The van der Waals surface area contributed by atoms with Crippen LogP contribution in [-0.2, 0) is 6.42 Å². The number of aromatic hydroxyl groups is 1. The molecule has 0 saturated heterocycles. The third-order valence-electron chi connectivity index (χ3n) is 2.32. The van der Waals surface area contributed by atoms with Crippen LogP contribution in [0.5, 0.6) is 17.2 Å². The molecule has 2 rings (SSSR count). The fourth-order valence-electron chi connectivity index (χ4n) is 1.57. The van der Waals surface area contributed by atoms with E-state index in [4.69, 9.17) is 14.7 Å². The Labute approximate surface area is 102 Å². The maximum Gasteiger partial charge on any atom is 0.169 e. The molecule has 1 aromatic carbocycles. The fraction of sp³-hybridized carbons (Fsp3) is 0.364. The van der Waals surface area contributed by atoms with E-state index in [1.54, 1.807) is 6.07 Å². The minimum atomic E-state index is 0.0470. The quantitative estimate of drug-likeness (QED) is 0.860. The fourth-order valence-corrected chi connectivity index (χ4v) is 2.02. The Bertz CT molecular complexity index is 454. The van der Waals surface area contributed by atoms with Crippen LogP contribution in [0, 0.1) is 11.3 Å². The predicted octanol–water partition coefficient (Wildman–Crippen LogP) is 2.38. The van der Waals surface area contributed by atoms with Crippen molar-refractivity contribution in [3.8, 4) is 23.3 Å². The van der Waals surface area contributed by atoms with E-state index >= 15 is 0 Å². The van der Waals surface area contributed by atoms with E-state index in [9.17, 15) is 5.11 Å². The second kappa shape index (κ2) is 4.62. The standard InChI is InChI=1S/C11H10BrNO3/c12-8-6-9-11(16-5-1-4-15-9)7(2-3-13)10(8)14/h6,14H,1-2,4-5H2. The van der Waals surface area contributed by atoms with E-state index in [0.29, 0.717) is 34.7 Å². The molecule has 0 bridgehead atoms. The van der Waals surface area contributed by atoms with Gasteiger partial charge in [-0.05, 0) is 15.9 Å². The van der Waals surface area contributed by atoms with Crippen molar-refractivity contribution in [2.75, 3.05) is 13.2 Å². The van der Waals surface area contributed by atoms with Crippen LogP contribution in [0.4, 0.5) is 0 Å². The van der Waals surface area contributed by atoms with E-state index in [2.05, 4.69) is 15.9 Å². The van der Waals surface area contributed by atoms with Gasteiger partial charge in [0.1, 0.15) is 5.75 Å². The van der Waals surface area contributed by atoms with Gasteiger partial charge >= 0.3 is 0 Å². The zero-order valence-electron chi connectivity index (χ0n) is 8.49. The number of hydrogen-bond donors (Lipinski definition) is 1. The molecule has 1 aromatic rings. The molecule has 0 fully saturated rings. The molecule has 0 spiro atoms. The summed E-state index contributed by atoms with van der Waals surface area (Å²) in [5, 5.41) is 18.6. The van der Waals surface area contributed by atoms with Gasteiger partial charge in [0.05, 0.1) is 35.7 Å². The van der Waals surface area contributed by atoms with Crippen LogP contribution in [0.2, 0.25) is 0 Å². The molecule has 0 aliphatic carbocycles. The zero-order chi connectivity index (χ0) is 11.5. The molecule has 1 heterocycles. The lowest BCUT2D eigenvalue weighted by Gasteiger charge is -2.13. The van der Waals surface area contributed by atoms with E-state index < -0.39 is 0 Å². The van der Waals surface area contributed by atoms with Crippen molar-refractivity contribution in [2.45, 2.75) is 12.8 Å². The van der Waals surface area contributed by atoms with Crippen LogP contribution >= 0.6 is 15.9 Å². The highest BCUT2D eigenvalue weighted by atomic mass is 79.9. The number of phenolic OH excluding ortho intramolecular Hbond substituents is 1. The Hall–Kier alpha value is -1.41. The minimum Gasteiger partial charge on any atom is -0.506 e. The lowest BCUT2D eigenvalue weighted by molar-refractivity contribution is 0.296. The first-order chi connectivity index (χ1) is 7.74. The van der Waals surface area contributed by atoms with Gasteiger partial charge in [-0.3, -0.25) is 0 Å². The molecule has 16 heavy (non-hydrogen) atoms. The Morgan fingerprint density at radius 3 is 2.94 bits per heavy atom. The summed E-state index contributed by atoms with van der Waals surface area (Å²) in [5.74, 6) is 1.11. The van der Waals surface area contributed by atoms with Crippen molar-refractivity contribution in [1.29, 1.82) is 5.26 Å². The average Bonchev–Trinajstić information content (AvgIpc) is 2.50. The first-order valence-corrected chi connectivity index (χ1v) is 5.70. The maximum atomic E-state index is 9.84. The Morgan fingerprint density at radius 1 is 1.44 bits per heavy atom. The number of nitriles is 1. The van der Waals surface area contributed by atoms with E-state index in [-0.39, 0.29) is 12.2 Å². The molecule has 0 saturated carbocycles. The summed E-state index contributed by atoms with van der Waals surface area (Å²) in [6.45, 7) is 1.11. The lowest BCUT2D eigenvalue weighted by Crippen LogP contribution is -1.98. The third kappa shape index (κ3) is 1.93. The summed E-state index contributed by atoms with van der Waals surface area (Å²) in [4.78, 5) is 0. The number of benzene rings is 1. The van der Waals surface area contributed by atoms with Gasteiger partial charge in [-0.15, -0.1) is 0 Å². The number of hydrogen-bond acceptors (Lipinski definition) is 4. The van der Waals surface area contributed by atoms with Gasteiger partial charge < -0.3 is 14.6 Å². The highest BCUT2D eigenvalue weighted by Crippen LogP contribution is 2.43. The van der Waals surface area contributed by atoms with Gasteiger partial charge in [-0.1, -0.05) is 0 Å². The number of nitrogens with zero attached hydrogens (tertiary/aromatic N) is 1. The molecule has 0 aromatic heterocycles. The molecule has 84 valence electrons. The van der Waals surface area contributed by atoms with Gasteiger partial charge in [0, 0.05) is 12.5 Å². The van der Waals surface area contributed by atoms with Crippen molar-refractivity contribution in [2.24, 2.45) is 0 Å². The second-order valence-corrected chi connectivity index (χ2v) is 4.25. The summed E-state index contributed by atoms with van der Waals surface area (Å²) < 4.78 is 11.5. The molecule has 0 atom stereocenters. The summed E-state index contributed by atoms with van der Waals surface area (Å²) in [7, 11) is 0. The predicted molar refractivity (Wildman–Crippen MR) is 60.7 cm³/mol. The number of halogens is 1. The van der Waals surface area contributed by atoms with Gasteiger partial charge in [-0.2, -0.15) is 5.26 Å². The average molecular weight is 284 g/mol. The van der Waals surface area contributed by atoms with Crippen molar-refractivity contribution < 1.29 is 14.6 Å². The summed E-state index contributed by atoms with van der Waals surface area (Å²) in [6, 6.07) is 3.67. The zero-order valence-corrected chi connectivity index (χ0v) is 10.1. The van der Waals surface area contributed by atoms with Crippen LogP contribution in [0.3, 0.4) is 0 Å². The Balaban J connectivity index is 2.56.